The molecule has 0 bridgehead atoms. The second kappa shape index (κ2) is 16.1. The maximum atomic E-state index is 12.9. The van der Waals surface area contributed by atoms with Crippen LogP contribution in [-0.2, 0) is 20.9 Å². The SMILES string of the molecule is CCOc1cc2ncc(C#N)c(Nc3ccc(OCc4ccccn4)c(Cl)c3)c2cc1NC(=O)C=CC[AsH]CC(=O)OC(C)(C)C. The number of nitriles is 1. The van der Waals surface area contributed by atoms with Gasteiger partial charge in [-0.15, -0.1) is 0 Å². The van der Waals surface area contributed by atoms with Gasteiger partial charge in [-0.1, -0.05) is 17.7 Å². The van der Waals surface area contributed by atoms with E-state index in [0.29, 0.717) is 67.1 Å². The van der Waals surface area contributed by atoms with Crippen LogP contribution in [0.5, 0.6) is 11.5 Å². The van der Waals surface area contributed by atoms with Crippen LogP contribution in [0, 0.1) is 11.3 Å². The molecule has 1 atom stereocenters. The van der Waals surface area contributed by atoms with Crippen LogP contribution in [0.1, 0.15) is 39.0 Å². The number of amides is 1. The van der Waals surface area contributed by atoms with Gasteiger partial charge < -0.3 is 4.74 Å². The molecule has 2 aromatic carbocycles. The zero-order chi connectivity index (χ0) is 33.1. The number of aromatic nitrogens is 2. The van der Waals surface area contributed by atoms with Crippen molar-refractivity contribution in [2.24, 2.45) is 0 Å². The van der Waals surface area contributed by atoms with E-state index in [1.54, 1.807) is 42.6 Å². The summed E-state index contributed by atoms with van der Waals surface area (Å²) in [5.74, 6) is 0.362. The van der Waals surface area contributed by atoms with Crippen molar-refractivity contribution in [1.82, 2.24) is 9.97 Å². The van der Waals surface area contributed by atoms with E-state index in [0.717, 1.165) is 5.69 Å². The van der Waals surface area contributed by atoms with Crippen LogP contribution in [0.4, 0.5) is 17.1 Å². The van der Waals surface area contributed by atoms with Gasteiger partial charge in [0.1, 0.15) is 12.4 Å². The van der Waals surface area contributed by atoms with Crippen molar-refractivity contribution >= 4 is 67.2 Å². The van der Waals surface area contributed by atoms with E-state index in [1.807, 2.05) is 45.9 Å². The van der Waals surface area contributed by atoms with Crippen molar-refractivity contribution in [3.63, 3.8) is 0 Å². The number of pyridine rings is 2. The molecular weight excluding hydrogens is 669 g/mol. The van der Waals surface area contributed by atoms with E-state index in [1.165, 1.54) is 12.3 Å². The topological polar surface area (TPSA) is 135 Å². The van der Waals surface area contributed by atoms with Crippen LogP contribution >= 0.6 is 11.6 Å². The fraction of sp³-hybridized carbons (Fsp3) is 0.265. The molecule has 12 heteroatoms. The molecule has 2 aromatic heterocycles. The summed E-state index contributed by atoms with van der Waals surface area (Å²) in [6.45, 7) is 7.99. The fourth-order valence-corrected chi connectivity index (χ4v) is 5.98. The number of fused-ring (bicyclic) bond motifs is 1. The van der Waals surface area contributed by atoms with Gasteiger partial charge in [0.25, 0.3) is 0 Å². The molecule has 4 rings (SSSR count). The Kier molecular flexibility index (Phi) is 12.0. The van der Waals surface area contributed by atoms with E-state index in [2.05, 4.69) is 26.7 Å². The number of halogens is 1. The summed E-state index contributed by atoms with van der Waals surface area (Å²) < 4.78 is 17.0. The Hall–Kier alpha value is -4.58. The van der Waals surface area contributed by atoms with Gasteiger partial charge in [-0.25, -0.2) is 0 Å². The minimum absolute atomic E-state index is 0.218. The molecule has 0 saturated heterocycles. The first-order valence-electron chi connectivity index (χ1n) is 14.5. The molecule has 0 radical (unpaired) electrons. The molecule has 1 unspecified atom stereocenters. The van der Waals surface area contributed by atoms with Crippen molar-refractivity contribution in [3.05, 3.63) is 89.4 Å². The third-order valence-corrected chi connectivity index (χ3v) is 8.70. The first-order valence-corrected chi connectivity index (χ1v) is 17.9. The number of carbonyl (C=O) groups excluding carboxylic acids is 2. The molecule has 46 heavy (non-hydrogen) atoms. The Morgan fingerprint density at radius 2 is 1.91 bits per heavy atom. The number of rotatable bonds is 13. The molecule has 0 fully saturated rings. The molecule has 0 spiro atoms. The number of nitrogens with zero attached hydrogens (tertiary/aromatic N) is 3. The Morgan fingerprint density at radius 3 is 2.61 bits per heavy atom. The summed E-state index contributed by atoms with van der Waals surface area (Å²) in [6.07, 6.45) is 6.38. The zero-order valence-electron chi connectivity index (χ0n) is 26.0. The molecule has 2 N–H and O–H groups in total. The number of allylic oxidation sites excluding steroid dienone is 1. The van der Waals surface area contributed by atoms with Crippen LogP contribution in [0.25, 0.3) is 10.9 Å². The summed E-state index contributed by atoms with van der Waals surface area (Å²) in [5, 5.41) is 18.1. The molecule has 4 aromatic rings. The molecule has 10 nitrogen and oxygen atoms in total. The Bertz CT molecular complexity index is 1770. The van der Waals surface area contributed by atoms with Crippen molar-refractivity contribution in [1.29, 1.82) is 5.26 Å². The molecule has 238 valence electrons. The maximum absolute atomic E-state index is 12.9. The molecule has 1 amide bonds. The second-order valence-corrected chi connectivity index (χ2v) is 14.0. The third kappa shape index (κ3) is 9.96. The van der Waals surface area contributed by atoms with Gasteiger partial charge in [-0.2, -0.15) is 0 Å². The van der Waals surface area contributed by atoms with E-state index in [9.17, 15) is 14.9 Å². The van der Waals surface area contributed by atoms with Gasteiger partial charge in [0.05, 0.1) is 10.7 Å². The molecule has 0 saturated carbocycles. The number of carbonyl (C=O) groups is 2. The molecule has 0 aliphatic rings. The van der Waals surface area contributed by atoms with Gasteiger partial charge in [0.2, 0.25) is 0 Å². The summed E-state index contributed by atoms with van der Waals surface area (Å²) >= 11 is 5.91. The van der Waals surface area contributed by atoms with E-state index >= 15 is 0 Å². The van der Waals surface area contributed by atoms with Crippen molar-refractivity contribution in [2.45, 2.75) is 50.3 Å². The Labute approximate surface area is 279 Å². The number of anilines is 3. The quantitative estimate of drug-likeness (QED) is 0.0654. The van der Waals surface area contributed by atoms with Crippen LogP contribution in [-0.4, -0.2) is 49.8 Å². The summed E-state index contributed by atoms with van der Waals surface area (Å²) in [6, 6.07) is 16.5. The standard InChI is InChI=1S/C34H35AsClN5O5/c1-5-44-30-17-27-25(16-28(30)41-31(42)10-8-13-35-18-32(43)46-34(2,3)4)33(22(19-37)20-39-27)40-23-11-12-29(26(36)15-23)45-21-24-9-6-7-14-38-24/h6-12,14-17,20,35H,5,13,18,21H2,1-4H3,(H,39,40)(H,41,42). The zero-order valence-corrected chi connectivity index (χ0v) is 28.9. The molecule has 0 aliphatic carbocycles. The first-order chi connectivity index (χ1) is 22.1. The summed E-state index contributed by atoms with van der Waals surface area (Å²) in [7, 11) is 0. The number of hydrogen-bond donors (Lipinski definition) is 2. The van der Waals surface area contributed by atoms with Gasteiger partial charge in [-0.3, -0.25) is 4.98 Å². The van der Waals surface area contributed by atoms with Crippen LogP contribution in [0.15, 0.2) is 73.1 Å². The number of esters is 1. The van der Waals surface area contributed by atoms with Crippen LogP contribution in [0.3, 0.4) is 0 Å². The fourth-order valence-electron chi connectivity index (χ4n) is 4.26. The predicted molar refractivity (Wildman–Crippen MR) is 181 cm³/mol. The molecule has 0 aliphatic heterocycles. The summed E-state index contributed by atoms with van der Waals surface area (Å²) in [5.41, 5.74) is 2.66. The minimum atomic E-state index is -0.627. The molecule has 2 heterocycles. The second-order valence-electron chi connectivity index (χ2n) is 10.9. The van der Waals surface area contributed by atoms with Crippen molar-refractivity contribution in [3.8, 4) is 17.6 Å². The average Bonchev–Trinajstić information content (AvgIpc) is 3.01. The van der Waals surface area contributed by atoms with Gasteiger partial charge in [0, 0.05) is 6.20 Å². The predicted octanol–water partition coefficient (Wildman–Crippen LogP) is 6.99. The van der Waals surface area contributed by atoms with Gasteiger partial charge in [-0.05, 0) is 18.2 Å². The average molecular weight is 704 g/mol. The number of nitrogens with one attached hydrogen (secondary N) is 2. The van der Waals surface area contributed by atoms with Gasteiger partial charge in [0.15, 0.2) is 0 Å². The van der Waals surface area contributed by atoms with Crippen molar-refractivity contribution in [2.75, 3.05) is 17.2 Å². The van der Waals surface area contributed by atoms with Crippen LogP contribution in [0.2, 0.25) is 15.4 Å². The Morgan fingerprint density at radius 1 is 1.09 bits per heavy atom. The Balaban J connectivity index is 1.52. The monoisotopic (exact) mass is 703 g/mol. The van der Waals surface area contributed by atoms with Gasteiger partial charge >= 0.3 is 206 Å². The number of hydrogen-bond acceptors (Lipinski definition) is 9. The molecular formula is C34H35AsClN5O5. The van der Waals surface area contributed by atoms with Crippen LogP contribution < -0.4 is 20.1 Å². The van der Waals surface area contributed by atoms with E-state index in [4.69, 9.17) is 25.8 Å². The summed E-state index contributed by atoms with van der Waals surface area (Å²) in [4.78, 5) is 33.5. The van der Waals surface area contributed by atoms with E-state index < -0.39 is 21.4 Å². The first kappa shape index (κ1) is 34.3. The van der Waals surface area contributed by atoms with E-state index in [-0.39, 0.29) is 18.5 Å². The number of benzene rings is 2. The third-order valence-electron chi connectivity index (χ3n) is 6.17. The van der Waals surface area contributed by atoms with Crippen molar-refractivity contribution < 1.29 is 23.8 Å². The normalized spacial score (nSPS) is 11.5. The number of ether oxygens (including phenoxy) is 3.